The van der Waals surface area contributed by atoms with Gasteiger partial charge < -0.3 is 5.32 Å². The van der Waals surface area contributed by atoms with Crippen molar-refractivity contribution in [3.63, 3.8) is 0 Å². The fourth-order valence-corrected chi connectivity index (χ4v) is 1.07. The molecular formula is C10H12F2N. The standard InChI is InChI=1S/C10H12F2N/c1-3-4-13-10-7(2)5-8(11)6-9(10)12/h5-6,13H,2-4H2,1H3. The van der Waals surface area contributed by atoms with E-state index in [1.165, 1.54) is 6.07 Å². The average molecular weight is 184 g/mol. The molecule has 0 aliphatic heterocycles. The molecular weight excluding hydrogens is 172 g/mol. The van der Waals surface area contributed by atoms with E-state index in [9.17, 15) is 8.78 Å². The van der Waals surface area contributed by atoms with E-state index in [0.29, 0.717) is 17.8 Å². The number of hydrogen-bond donors (Lipinski definition) is 1. The number of nitrogens with one attached hydrogen (secondary N) is 1. The van der Waals surface area contributed by atoms with Crippen LogP contribution in [0.2, 0.25) is 0 Å². The molecule has 1 aromatic rings. The molecule has 0 heterocycles. The Labute approximate surface area is 76.8 Å². The van der Waals surface area contributed by atoms with Crippen molar-refractivity contribution in [2.24, 2.45) is 0 Å². The van der Waals surface area contributed by atoms with Crippen molar-refractivity contribution in [3.8, 4) is 0 Å². The summed E-state index contributed by atoms with van der Waals surface area (Å²) in [6.45, 7) is 6.18. The summed E-state index contributed by atoms with van der Waals surface area (Å²) in [5, 5.41) is 2.85. The number of halogens is 2. The zero-order chi connectivity index (χ0) is 9.84. The van der Waals surface area contributed by atoms with Crippen LogP contribution < -0.4 is 5.32 Å². The maximum absolute atomic E-state index is 13.1. The number of benzene rings is 1. The van der Waals surface area contributed by atoms with Gasteiger partial charge in [-0.05, 0) is 25.0 Å². The van der Waals surface area contributed by atoms with Crippen LogP contribution in [0.15, 0.2) is 12.1 Å². The van der Waals surface area contributed by atoms with Gasteiger partial charge in [-0.25, -0.2) is 8.78 Å². The molecule has 0 aliphatic carbocycles. The third-order valence-corrected chi connectivity index (χ3v) is 1.69. The van der Waals surface area contributed by atoms with Gasteiger partial charge in [-0.3, -0.25) is 0 Å². The summed E-state index contributed by atoms with van der Waals surface area (Å²) in [5.41, 5.74) is 0.647. The zero-order valence-corrected chi connectivity index (χ0v) is 7.53. The highest BCUT2D eigenvalue weighted by atomic mass is 19.1. The van der Waals surface area contributed by atoms with E-state index < -0.39 is 11.6 Å². The molecule has 1 nitrogen and oxygen atoms in total. The topological polar surface area (TPSA) is 12.0 Å². The smallest absolute Gasteiger partial charge is 0.149 e. The molecule has 3 heteroatoms. The first-order valence-electron chi connectivity index (χ1n) is 4.20. The maximum Gasteiger partial charge on any atom is 0.149 e. The van der Waals surface area contributed by atoms with Crippen molar-refractivity contribution in [3.05, 3.63) is 36.3 Å². The second-order valence-electron chi connectivity index (χ2n) is 2.85. The van der Waals surface area contributed by atoms with Gasteiger partial charge in [0, 0.05) is 12.6 Å². The Morgan fingerprint density at radius 2 is 2.08 bits per heavy atom. The molecule has 1 rings (SSSR count). The molecule has 0 aliphatic rings. The summed E-state index contributed by atoms with van der Waals surface area (Å²) in [4.78, 5) is 0. The van der Waals surface area contributed by atoms with Crippen molar-refractivity contribution in [2.75, 3.05) is 11.9 Å². The molecule has 0 amide bonds. The van der Waals surface area contributed by atoms with Gasteiger partial charge in [0.15, 0.2) is 0 Å². The Balaban J connectivity index is 2.92. The van der Waals surface area contributed by atoms with Gasteiger partial charge in [0.1, 0.15) is 11.6 Å². The number of hydrogen-bond acceptors (Lipinski definition) is 1. The average Bonchev–Trinajstić information content (AvgIpc) is 2.02. The summed E-state index contributed by atoms with van der Waals surface area (Å²) in [6.07, 6.45) is 0.885. The molecule has 0 atom stereocenters. The highest BCUT2D eigenvalue weighted by molar-refractivity contribution is 5.54. The summed E-state index contributed by atoms with van der Waals surface area (Å²) >= 11 is 0. The second-order valence-corrected chi connectivity index (χ2v) is 2.85. The third-order valence-electron chi connectivity index (χ3n) is 1.69. The fraction of sp³-hybridized carbons (Fsp3) is 0.300. The predicted octanol–water partition coefficient (Wildman–Crippen LogP) is 2.97. The fourth-order valence-electron chi connectivity index (χ4n) is 1.07. The van der Waals surface area contributed by atoms with E-state index in [2.05, 4.69) is 12.2 Å². The molecule has 0 saturated carbocycles. The van der Waals surface area contributed by atoms with Crippen LogP contribution >= 0.6 is 0 Å². The molecule has 1 N–H and O–H groups in total. The molecule has 13 heavy (non-hydrogen) atoms. The number of rotatable bonds is 3. The van der Waals surface area contributed by atoms with Crippen LogP contribution in [0.3, 0.4) is 0 Å². The first-order chi connectivity index (χ1) is 6.15. The van der Waals surface area contributed by atoms with E-state index in [-0.39, 0.29) is 0 Å². The van der Waals surface area contributed by atoms with E-state index in [1.54, 1.807) is 0 Å². The number of anilines is 1. The molecule has 0 spiro atoms. The van der Waals surface area contributed by atoms with Gasteiger partial charge >= 0.3 is 0 Å². The lowest BCUT2D eigenvalue weighted by Gasteiger charge is -2.09. The normalized spacial score (nSPS) is 10.2. The Morgan fingerprint density at radius 3 is 2.62 bits per heavy atom. The molecule has 0 fully saturated rings. The molecule has 71 valence electrons. The van der Waals surface area contributed by atoms with Gasteiger partial charge in [0.25, 0.3) is 0 Å². The van der Waals surface area contributed by atoms with Gasteiger partial charge in [-0.2, -0.15) is 0 Å². The monoisotopic (exact) mass is 184 g/mol. The molecule has 1 aromatic carbocycles. The molecule has 0 aromatic heterocycles. The van der Waals surface area contributed by atoms with Crippen LogP contribution in [0.25, 0.3) is 0 Å². The summed E-state index contributed by atoms with van der Waals surface area (Å²) in [5.74, 6) is -1.18. The van der Waals surface area contributed by atoms with Crippen LogP contribution in [-0.2, 0) is 0 Å². The van der Waals surface area contributed by atoms with Gasteiger partial charge in [-0.1, -0.05) is 6.92 Å². The van der Waals surface area contributed by atoms with Crippen molar-refractivity contribution in [1.29, 1.82) is 0 Å². The van der Waals surface area contributed by atoms with Gasteiger partial charge in [-0.15, -0.1) is 0 Å². The lowest BCUT2D eigenvalue weighted by atomic mass is 10.2. The largest absolute Gasteiger partial charge is 0.382 e. The van der Waals surface area contributed by atoms with Gasteiger partial charge in [0.2, 0.25) is 0 Å². The van der Waals surface area contributed by atoms with E-state index in [4.69, 9.17) is 0 Å². The lowest BCUT2D eigenvalue weighted by molar-refractivity contribution is 0.584. The van der Waals surface area contributed by atoms with Crippen molar-refractivity contribution in [1.82, 2.24) is 0 Å². The summed E-state index contributed by atoms with van der Waals surface area (Å²) in [6, 6.07) is 2.06. The minimum absolute atomic E-state index is 0.295. The van der Waals surface area contributed by atoms with Crippen molar-refractivity contribution >= 4 is 5.69 Å². The van der Waals surface area contributed by atoms with Crippen LogP contribution in [0, 0.1) is 18.6 Å². The lowest BCUT2D eigenvalue weighted by Crippen LogP contribution is -2.04. The second kappa shape index (κ2) is 4.21. The van der Waals surface area contributed by atoms with E-state index in [1.807, 2.05) is 6.92 Å². The first kappa shape index (κ1) is 9.96. The minimum atomic E-state index is -0.593. The quantitative estimate of drug-likeness (QED) is 0.761. The predicted molar refractivity (Wildman–Crippen MR) is 49.6 cm³/mol. The highest BCUT2D eigenvalue weighted by Gasteiger charge is 2.06. The van der Waals surface area contributed by atoms with Crippen LogP contribution in [-0.4, -0.2) is 6.54 Å². The third kappa shape index (κ3) is 2.41. The summed E-state index contributed by atoms with van der Waals surface area (Å²) < 4.78 is 25.7. The Bertz CT molecular complexity index is 274. The maximum atomic E-state index is 13.1. The Morgan fingerprint density at radius 1 is 1.38 bits per heavy atom. The van der Waals surface area contributed by atoms with Crippen LogP contribution in [0.5, 0.6) is 0 Å². The van der Waals surface area contributed by atoms with Crippen LogP contribution in [0.4, 0.5) is 14.5 Å². The Hall–Kier alpha value is -1.12. The molecule has 0 saturated heterocycles. The van der Waals surface area contributed by atoms with Gasteiger partial charge in [0.05, 0.1) is 5.69 Å². The minimum Gasteiger partial charge on any atom is -0.382 e. The highest BCUT2D eigenvalue weighted by Crippen LogP contribution is 2.20. The van der Waals surface area contributed by atoms with Crippen molar-refractivity contribution < 1.29 is 8.78 Å². The van der Waals surface area contributed by atoms with E-state index >= 15 is 0 Å². The van der Waals surface area contributed by atoms with E-state index in [0.717, 1.165) is 12.5 Å². The SMILES string of the molecule is [CH2]c1cc(F)cc(F)c1NCCC. The Kier molecular flexibility index (Phi) is 3.23. The van der Waals surface area contributed by atoms with Crippen molar-refractivity contribution in [2.45, 2.75) is 13.3 Å². The molecule has 0 bridgehead atoms. The first-order valence-corrected chi connectivity index (χ1v) is 4.20. The van der Waals surface area contributed by atoms with Crippen LogP contribution in [0.1, 0.15) is 18.9 Å². The molecule has 1 radical (unpaired) electrons. The zero-order valence-electron chi connectivity index (χ0n) is 7.53. The summed E-state index contributed by atoms with van der Waals surface area (Å²) in [7, 11) is 0. The molecule has 0 unspecified atom stereocenters.